The molecule has 4 heteroatoms. The van der Waals surface area contributed by atoms with Crippen LogP contribution in [0.15, 0.2) is 24.3 Å². The zero-order valence-corrected chi connectivity index (χ0v) is 10.9. The molecule has 0 unspecified atom stereocenters. The Morgan fingerprint density at radius 1 is 1.17 bits per heavy atom. The molecule has 2 rings (SSSR count). The van der Waals surface area contributed by atoms with Crippen LogP contribution in [0.4, 0.5) is 0 Å². The molecule has 0 aliphatic heterocycles. The SMILES string of the molecule is CCC1CCC(Oc2ccccc2B(O)O)CC1. The van der Waals surface area contributed by atoms with Crippen LogP contribution in [-0.2, 0) is 0 Å². The van der Waals surface area contributed by atoms with Gasteiger partial charge in [0.05, 0.1) is 6.10 Å². The van der Waals surface area contributed by atoms with E-state index in [1.165, 1.54) is 19.3 Å². The summed E-state index contributed by atoms with van der Waals surface area (Å²) in [4.78, 5) is 0. The molecule has 0 amide bonds. The number of hydrogen-bond acceptors (Lipinski definition) is 3. The van der Waals surface area contributed by atoms with Crippen molar-refractivity contribution in [1.82, 2.24) is 0 Å². The molecule has 0 atom stereocenters. The predicted molar refractivity (Wildman–Crippen MR) is 72.9 cm³/mol. The van der Waals surface area contributed by atoms with Crippen LogP contribution in [0.1, 0.15) is 39.0 Å². The molecule has 0 saturated heterocycles. The van der Waals surface area contributed by atoms with E-state index in [1.54, 1.807) is 18.2 Å². The molecule has 0 spiro atoms. The van der Waals surface area contributed by atoms with Gasteiger partial charge in [0.2, 0.25) is 0 Å². The maximum absolute atomic E-state index is 9.29. The Morgan fingerprint density at radius 2 is 1.83 bits per heavy atom. The summed E-state index contributed by atoms with van der Waals surface area (Å²) in [5, 5.41) is 18.6. The fourth-order valence-electron chi connectivity index (χ4n) is 2.64. The van der Waals surface area contributed by atoms with Crippen LogP contribution in [0, 0.1) is 5.92 Å². The molecule has 1 saturated carbocycles. The van der Waals surface area contributed by atoms with Gasteiger partial charge in [0.25, 0.3) is 0 Å². The molecule has 18 heavy (non-hydrogen) atoms. The topological polar surface area (TPSA) is 49.7 Å². The molecule has 1 aromatic rings. The molecule has 1 fully saturated rings. The molecule has 3 nitrogen and oxygen atoms in total. The second kappa shape index (κ2) is 6.25. The maximum Gasteiger partial charge on any atom is 0.492 e. The Balaban J connectivity index is 1.98. The smallest absolute Gasteiger partial charge is 0.491 e. The lowest BCUT2D eigenvalue weighted by molar-refractivity contribution is 0.131. The molecule has 0 bridgehead atoms. The van der Waals surface area contributed by atoms with E-state index in [0.717, 1.165) is 18.8 Å². The van der Waals surface area contributed by atoms with Gasteiger partial charge in [0, 0.05) is 5.46 Å². The van der Waals surface area contributed by atoms with E-state index in [1.807, 2.05) is 6.07 Å². The maximum atomic E-state index is 9.29. The van der Waals surface area contributed by atoms with Crippen molar-refractivity contribution in [3.63, 3.8) is 0 Å². The number of ether oxygens (including phenoxy) is 1. The average Bonchev–Trinajstić information content (AvgIpc) is 2.40. The van der Waals surface area contributed by atoms with Gasteiger partial charge in [-0.15, -0.1) is 0 Å². The normalized spacial score (nSPS) is 23.7. The van der Waals surface area contributed by atoms with Gasteiger partial charge >= 0.3 is 7.12 Å². The van der Waals surface area contributed by atoms with E-state index >= 15 is 0 Å². The Labute approximate surface area is 109 Å². The third kappa shape index (κ3) is 3.27. The summed E-state index contributed by atoms with van der Waals surface area (Å²) in [6, 6.07) is 7.15. The van der Waals surface area contributed by atoms with Crippen LogP contribution in [0.2, 0.25) is 0 Å². The van der Waals surface area contributed by atoms with Crippen molar-refractivity contribution in [2.45, 2.75) is 45.1 Å². The Hall–Kier alpha value is -0.995. The fraction of sp³-hybridized carbons (Fsp3) is 0.571. The molecule has 1 aliphatic carbocycles. The highest BCUT2D eigenvalue weighted by molar-refractivity contribution is 6.59. The van der Waals surface area contributed by atoms with Crippen molar-refractivity contribution in [3.8, 4) is 5.75 Å². The summed E-state index contributed by atoms with van der Waals surface area (Å²) in [5.41, 5.74) is 0.454. The first kappa shape index (κ1) is 13.4. The van der Waals surface area contributed by atoms with E-state index in [4.69, 9.17) is 4.74 Å². The van der Waals surface area contributed by atoms with Gasteiger partial charge in [-0.05, 0) is 37.7 Å². The van der Waals surface area contributed by atoms with Crippen LogP contribution < -0.4 is 10.2 Å². The quantitative estimate of drug-likeness (QED) is 0.797. The van der Waals surface area contributed by atoms with Crippen LogP contribution in [0.3, 0.4) is 0 Å². The Morgan fingerprint density at radius 3 is 2.44 bits per heavy atom. The number of para-hydroxylation sites is 1. The van der Waals surface area contributed by atoms with Crippen molar-refractivity contribution in [2.75, 3.05) is 0 Å². The van der Waals surface area contributed by atoms with E-state index in [9.17, 15) is 10.0 Å². The van der Waals surface area contributed by atoms with Gasteiger partial charge in [0.1, 0.15) is 5.75 Å². The van der Waals surface area contributed by atoms with Crippen LogP contribution >= 0.6 is 0 Å². The van der Waals surface area contributed by atoms with Gasteiger partial charge in [-0.1, -0.05) is 31.5 Å². The standard InChI is InChI=1S/C14H21BO3/c1-2-11-7-9-12(10-8-11)18-14-6-4-3-5-13(14)15(16)17/h3-6,11-12,16-17H,2,7-10H2,1H3. The largest absolute Gasteiger partial charge is 0.492 e. The van der Waals surface area contributed by atoms with Crippen molar-refractivity contribution >= 4 is 12.6 Å². The highest BCUT2D eigenvalue weighted by atomic mass is 16.5. The molecule has 1 aliphatic rings. The number of rotatable bonds is 4. The third-order valence-electron chi connectivity index (χ3n) is 3.86. The molecule has 0 aromatic heterocycles. The van der Waals surface area contributed by atoms with Gasteiger partial charge in [-0.3, -0.25) is 0 Å². The lowest BCUT2D eigenvalue weighted by Crippen LogP contribution is -2.33. The minimum absolute atomic E-state index is 0.215. The molecule has 0 heterocycles. The minimum Gasteiger partial charge on any atom is -0.491 e. The Bertz CT molecular complexity index is 373. The lowest BCUT2D eigenvalue weighted by Gasteiger charge is -2.29. The zero-order chi connectivity index (χ0) is 13.0. The minimum atomic E-state index is -1.46. The van der Waals surface area contributed by atoms with Crippen LogP contribution in [0.25, 0.3) is 0 Å². The van der Waals surface area contributed by atoms with Crippen LogP contribution in [-0.4, -0.2) is 23.3 Å². The second-order valence-corrected chi connectivity index (χ2v) is 5.08. The molecule has 98 valence electrons. The zero-order valence-electron chi connectivity index (χ0n) is 10.9. The average molecular weight is 248 g/mol. The van der Waals surface area contributed by atoms with E-state index in [-0.39, 0.29) is 6.10 Å². The third-order valence-corrected chi connectivity index (χ3v) is 3.86. The van der Waals surface area contributed by atoms with Gasteiger partial charge in [-0.2, -0.15) is 0 Å². The monoisotopic (exact) mass is 248 g/mol. The lowest BCUT2D eigenvalue weighted by atomic mass is 9.79. The first-order valence-electron chi connectivity index (χ1n) is 6.82. The van der Waals surface area contributed by atoms with Gasteiger partial charge in [0.15, 0.2) is 0 Å². The van der Waals surface area contributed by atoms with E-state index in [2.05, 4.69) is 6.92 Å². The second-order valence-electron chi connectivity index (χ2n) is 5.08. The summed E-state index contributed by atoms with van der Waals surface area (Å²) < 4.78 is 5.92. The number of benzene rings is 1. The van der Waals surface area contributed by atoms with Crippen molar-refractivity contribution in [2.24, 2.45) is 5.92 Å². The predicted octanol–water partition coefficient (Wildman–Crippen LogP) is 1.71. The van der Waals surface area contributed by atoms with Crippen LogP contribution in [0.5, 0.6) is 5.75 Å². The summed E-state index contributed by atoms with van der Waals surface area (Å²) in [6.07, 6.45) is 6.02. The molecule has 2 N–H and O–H groups in total. The van der Waals surface area contributed by atoms with Gasteiger partial charge < -0.3 is 14.8 Å². The molecular weight excluding hydrogens is 227 g/mol. The number of hydrogen-bond donors (Lipinski definition) is 2. The van der Waals surface area contributed by atoms with E-state index in [0.29, 0.717) is 11.2 Å². The summed E-state index contributed by atoms with van der Waals surface area (Å²) in [5.74, 6) is 1.44. The summed E-state index contributed by atoms with van der Waals surface area (Å²) in [7, 11) is -1.46. The van der Waals surface area contributed by atoms with Crippen molar-refractivity contribution in [1.29, 1.82) is 0 Å². The summed E-state index contributed by atoms with van der Waals surface area (Å²) >= 11 is 0. The molecule has 0 radical (unpaired) electrons. The van der Waals surface area contributed by atoms with E-state index < -0.39 is 7.12 Å². The summed E-state index contributed by atoms with van der Waals surface area (Å²) in [6.45, 7) is 2.24. The highest BCUT2D eigenvalue weighted by Crippen LogP contribution is 2.28. The highest BCUT2D eigenvalue weighted by Gasteiger charge is 2.23. The Kier molecular flexibility index (Phi) is 4.67. The van der Waals surface area contributed by atoms with Gasteiger partial charge in [-0.25, -0.2) is 0 Å². The first-order valence-corrected chi connectivity index (χ1v) is 6.82. The fourth-order valence-corrected chi connectivity index (χ4v) is 2.64. The van der Waals surface area contributed by atoms with Crippen molar-refractivity contribution in [3.05, 3.63) is 24.3 Å². The first-order chi connectivity index (χ1) is 8.70. The molecular formula is C14H21BO3. The molecule has 1 aromatic carbocycles. The van der Waals surface area contributed by atoms with Crippen molar-refractivity contribution < 1.29 is 14.8 Å².